The maximum Gasteiger partial charge on any atom is 0.288 e. The first-order valence-corrected chi connectivity index (χ1v) is 5.23. The number of carbonyl (C=O) groups excluding carboxylic acids is 1. The number of hydrogen-bond acceptors (Lipinski definition) is 2. The summed E-state index contributed by atoms with van der Waals surface area (Å²) in [5.41, 5.74) is 2.70. The summed E-state index contributed by atoms with van der Waals surface area (Å²) in [6.07, 6.45) is 0.875. The number of aryl methyl sites for hydroxylation is 2. The minimum Gasteiger partial charge on any atom is -0.451 e. The van der Waals surface area contributed by atoms with Crippen molar-refractivity contribution in [1.29, 1.82) is 0 Å². The molecular weight excluding hydrogens is 212 g/mol. The summed E-state index contributed by atoms with van der Waals surface area (Å²) in [5.74, 6) is 0.257. The monoisotopic (exact) mass is 222 g/mol. The van der Waals surface area contributed by atoms with E-state index in [1.165, 1.54) is 0 Å². The fraction of sp³-hybridized carbons (Fsp3) is 0.250. The standard InChI is InChI=1S/C12H11ClO2/c1-3-8-5-4-6-9-7(2)10(12(13)14)15-11(8)9/h4-6H,3H2,1-2H3. The number of para-hydroxylation sites is 1. The van der Waals surface area contributed by atoms with Crippen molar-refractivity contribution in [2.45, 2.75) is 20.3 Å². The molecule has 2 nitrogen and oxygen atoms in total. The zero-order valence-corrected chi connectivity index (χ0v) is 9.39. The number of carbonyl (C=O) groups is 1. The van der Waals surface area contributed by atoms with E-state index in [0.29, 0.717) is 0 Å². The Balaban J connectivity index is 2.81. The summed E-state index contributed by atoms with van der Waals surface area (Å²) in [4.78, 5) is 11.1. The van der Waals surface area contributed by atoms with Gasteiger partial charge in [0, 0.05) is 10.9 Å². The van der Waals surface area contributed by atoms with Crippen molar-refractivity contribution in [3.63, 3.8) is 0 Å². The van der Waals surface area contributed by atoms with Gasteiger partial charge in [0.1, 0.15) is 5.58 Å². The molecule has 0 aliphatic rings. The van der Waals surface area contributed by atoms with Crippen molar-refractivity contribution >= 4 is 27.8 Å². The van der Waals surface area contributed by atoms with Crippen LogP contribution in [0.4, 0.5) is 0 Å². The van der Waals surface area contributed by atoms with Gasteiger partial charge >= 0.3 is 0 Å². The molecule has 0 spiro atoms. The van der Waals surface area contributed by atoms with Crippen LogP contribution >= 0.6 is 11.6 Å². The second-order valence-corrected chi connectivity index (χ2v) is 3.82. The Kier molecular flexibility index (Phi) is 2.53. The van der Waals surface area contributed by atoms with Gasteiger partial charge in [0.25, 0.3) is 5.24 Å². The molecular formula is C12H11ClO2. The van der Waals surface area contributed by atoms with Gasteiger partial charge in [0.15, 0.2) is 5.76 Å². The molecule has 0 fully saturated rings. The van der Waals surface area contributed by atoms with E-state index < -0.39 is 5.24 Å². The summed E-state index contributed by atoms with van der Waals surface area (Å²) >= 11 is 5.44. The zero-order chi connectivity index (χ0) is 11.0. The van der Waals surface area contributed by atoms with Gasteiger partial charge in [0.2, 0.25) is 0 Å². The largest absolute Gasteiger partial charge is 0.451 e. The van der Waals surface area contributed by atoms with Crippen molar-refractivity contribution in [2.24, 2.45) is 0 Å². The molecule has 1 aromatic carbocycles. The van der Waals surface area contributed by atoms with E-state index in [1.807, 2.05) is 25.1 Å². The number of halogens is 1. The molecule has 1 heterocycles. The highest BCUT2D eigenvalue weighted by molar-refractivity contribution is 6.67. The van der Waals surface area contributed by atoms with Crippen LogP contribution in [0, 0.1) is 6.92 Å². The first kappa shape index (κ1) is 10.2. The second kappa shape index (κ2) is 3.70. The molecule has 0 radical (unpaired) electrons. The Bertz CT molecular complexity index is 526. The van der Waals surface area contributed by atoms with Gasteiger partial charge in [-0.2, -0.15) is 0 Å². The summed E-state index contributed by atoms with van der Waals surface area (Å²) in [5, 5.41) is 0.434. The quantitative estimate of drug-likeness (QED) is 0.726. The molecule has 0 aliphatic carbocycles. The molecule has 1 aromatic heterocycles. The fourth-order valence-corrected chi connectivity index (χ4v) is 1.95. The first-order valence-electron chi connectivity index (χ1n) is 4.86. The van der Waals surface area contributed by atoms with E-state index in [-0.39, 0.29) is 5.76 Å². The highest BCUT2D eigenvalue weighted by Crippen LogP contribution is 2.29. The van der Waals surface area contributed by atoms with Gasteiger partial charge in [-0.05, 0) is 30.5 Å². The third-order valence-electron chi connectivity index (χ3n) is 2.60. The highest BCUT2D eigenvalue weighted by atomic mass is 35.5. The molecule has 2 aromatic rings. The lowest BCUT2D eigenvalue weighted by molar-refractivity contribution is 0.105. The van der Waals surface area contributed by atoms with Crippen molar-refractivity contribution in [2.75, 3.05) is 0 Å². The van der Waals surface area contributed by atoms with Crippen molar-refractivity contribution in [1.82, 2.24) is 0 Å². The Morgan fingerprint density at radius 3 is 2.80 bits per heavy atom. The Morgan fingerprint density at radius 2 is 2.20 bits per heavy atom. The van der Waals surface area contributed by atoms with Crippen molar-refractivity contribution in [3.8, 4) is 0 Å². The molecule has 0 amide bonds. The summed E-state index contributed by atoms with van der Waals surface area (Å²) in [6, 6.07) is 5.90. The predicted octanol–water partition coefficient (Wildman–Crippen LogP) is 3.68. The van der Waals surface area contributed by atoms with Crippen LogP contribution in [0.15, 0.2) is 22.6 Å². The normalized spacial score (nSPS) is 10.9. The average Bonchev–Trinajstić information content (AvgIpc) is 2.56. The van der Waals surface area contributed by atoms with Crippen LogP contribution < -0.4 is 0 Å². The molecule has 0 atom stereocenters. The molecule has 15 heavy (non-hydrogen) atoms. The van der Waals surface area contributed by atoms with Crippen LogP contribution in [-0.2, 0) is 6.42 Å². The SMILES string of the molecule is CCc1cccc2c(C)c(C(=O)Cl)oc12. The maximum absolute atomic E-state index is 11.1. The van der Waals surface area contributed by atoms with Crippen LogP contribution in [-0.4, -0.2) is 5.24 Å². The number of rotatable bonds is 2. The first-order chi connectivity index (χ1) is 7.15. The molecule has 0 unspecified atom stereocenters. The number of hydrogen-bond donors (Lipinski definition) is 0. The van der Waals surface area contributed by atoms with Crippen LogP contribution in [0.2, 0.25) is 0 Å². The van der Waals surface area contributed by atoms with E-state index in [0.717, 1.165) is 28.5 Å². The smallest absolute Gasteiger partial charge is 0.288 e. The zero-order valence-electron chi connectivity index (χ0n) is 8.63. The Hall–Kier alpha value is -1.28. The number of benzene rings is 1. The highest BCUT2D eigenvalue weighted by Gasteiger charge is 2.16. The molecule has 0 aliphatic heterocycles. The Morgan fingerprint density at radius 1 is 1.47 bits per heavy atom. The summed E-state index contributed by atoms with van der Waals surface area (Å²) in [6.45, 7) is 3.90. The Labute approximate surface area is 92.8 Å². The third kappa shape index (κ3) is 1.55. The predicted molar refractivity (Wildman–Crippen MR) is 60.5 cm³/mol. The fourth-order valence-electron chi connectivity index (χ4n) is 1.77. The van der Waals surface area contributed by atoms with Crippen molar-refractivity contribution in [3.05, 3.63) is 35.1 Å². The van der Waals surface area contributed by atoms with Crippen LogP contribution in [0.25, 0.3) is 11.0 Å². The minimum absolute atomic E-state index is 0.257. The third-order valence-corrected chi connectivity index (χ3v) is 2.78. The lowest BCUT2D eigenvalue weighted by atomic mass is 10.1. The molecule has 78 valence electrons. The van der Waals surface area contributed by atoms with E-state index >= 15 is 0 Å². The minimum atomic E-state index is -0.536. The molecule has 0 bridgehead atoms. The molecule has 0 saturated heterocycles. The van der Waals surface area contributed by atoms with Gasteiger partial charge in [0.05, 0.1) is 0 Å². The lowest BCUT2D eigenvalue weighted by Crippen LogP contribution is -1.86. The van der Waals surface area contributed by atoms with E-state index in [9.17, 15) is 4.79 Å². The maximum atomic E-state index is 11.1. The van der Waals surface area contributed by atoms with Crippen molar-refractivity contribution < 1.29 is 9.21 Å². The topological polar surface area (TPSA) is 30.2 Å². The van der Waals surface area contributed by atoms with E-state index in [1.54, 1.807) is 0 Å². The van der Waals surface area contributed by atoms with Gasteiger partial charge in [-0.25, -0.2) is 0 Å². The molecule has 0 N–H and O–H groups in total. The van der Waals surface area contributed by atoms with Crippen LogP contribution in [0.5, 0.6) is 0 Å². The van der Waals surface area contributed by atoms with E-state index in [2.05, 4.69) is 6.92 Å². The molecule has 2 rings (SSSR count). The lowest BCUT2D eigenvalue weighted by Gasteiger charge is -1.96. The number of fused-ring (bicyclic) bond motifs is 1. The van der Waals surface area contributed by atoms with Gasteiger partial charge < -0.3 is 4.42 Å². The average molecular weight is 223 g/mol. The summed E-state index contributed by atoms with van der Waals surface area (Å²) < 4.78 is 5.50. The van der Waals surface area contributed by atoms with Crippen LogP contribution in [0.1, 0.15) is 28.6 Å². The molecule has 0 saturated carbocycles. The van der Waals surface area contributed by atoms with Gasteiger partial charge in [-0.15, -0.1) is 0 Å². The van der Waals surface area contributed by atoms with Gasteiger partial charge in [-0.3, -0.25) is 4.79 Å². The summed E-state index contributed by atoms with van der Waals surface area (Å²) in [7, 11) is 0. The van der Waals surface area contributed by atoms with E-state index in [4.69, 9.17) is 16.0 Å². The number of furan rings is 1. The van der Waals surface area contributed by atoms with Gasteiger partial charge in [-0.1, -0.05) is 25.1 Å². The second-order valence-electron chi connectivity index (χ2n) is 3.48. The van der Waals surface area contributed by atoms with Crippen LogP contribution in [0.3, 0.4) is 0 Å². The molecule has 3 heteroatoms.